The summed E-state index contributed by atoms with van der Waals surface area (Å²) in [6, 6.07) is 4.04. The fourth-order valence-electron chi connectivity index (χ4n) is 2.41. The molecule has 1 aromatic heterocycles. The molecule has 0 spiro atoms. The van der Waals surface area contributed by atoms with Crippen molar-refractivity contribution in [1.82, 2.24) is 4.98 Å². The zero-order valence-electron chi connectivity index (χ0n) is 8.75. The highest BCUT2D eigenvalue weighted by Crippen LogP contribution is 2.38. The van der Waals surface area contributed by atoms with E-state index < -0.39 is 0 Å². The van der Waals surface area contributed by atoms with Crippen LogP contribution in [0.25, 0.3) is 0 Å². The predicted octanol–water partition coefficient (Wildman–Crippen LogP) is 3.04. The average Bonchev–Trinajstić information content (AvgIpc) is 2.31. The van der Waals surface area contributed by atoms with Crippen molar-refractivity contribution in [1.29, 1.82) is 0 Å². The van der Waals surface area contributed by atoms with Gasteiger partial charge in [-0.15, -0.1) is 0 Å². The van der Waals surface area contributed by atoms with Gasteiger partial charge < -0.3 is 5.11 Å². The summed E-state index contributed by atoms with van der Waals surface area (Å²) in [5.41, 5.74) is 0.978. The summed E-state index contributed by atoms with van der Waals surface area (Å²) in [7, 11) is 0. The van der Waals surface area contributed by atoms with E-state index in [1.165, 1.54) is 19.3 Å². The zero-order chi connectivity index (χ0) is 10.7. The van der Waals surface area contributed by atoms with Crippen molar-refractivity contribution in [2.24, 2.45) is 0 Å². The van der Waals surface area contributed by atoms with E-state index in [0.717, 1.165) is 23.0 Å². The van der Waals surface area contributed by atoms with Crippen molar-refractivity contribution in [2.45, 2.75) is 37.5 Å². The van der Waals surface area contributed by atoms with Crippen LogP contribution in [0.5, 0.6) is 0 Å². The van der Waals surface area contributed by atoms with Crippen molar-refractivity contribution in [3.8, 4) is 0 Å². The van der Waals surface area contributed by atoms with Crippen LogP contribution in [0.2, 0.25) is 0 Å². The number of hydrogen-bond donors (Lipinski definition) is 1. The van der Waals surface area contributed by atoms with E-state index in [4.69, 9.17) is 0 Å². The van der Waals surface area contributed by atoms with Crippen molar-refractivity contribution in [2.75, 3.05) is 6.61 Å². The molecule has 1 fully saturated rings. The van der Waals surface area contributed by atoms with Gasteiger partial charge in [0.15, 0.2) is 0 Å². The Morgan fingerprint density at radius 3 is 2.53 bits per heavy atom. The molecule has 2 nitrogen and oxygen atoms in total. The number of hydrogen-bond acceptors (Lipinski definition) is 2. The monoisotopic (exact) mass is 269 g/mol. The third kappa shape index (κ3) is 2.23. The van der Waals surface area contributed by atoms with Crippen LogP contribution in [0.4, 0.5) is 0 Å². The fourth-order valence-corrected chi connectivity index (χ4v) is 2.65. The SMILES string of the molecule is OCC1(c2ccc(Br)cn2)CCCCC1. The van der Waals surface area contributed by atoms with Gasteiger partial charge in [0.25, 0.3) is 0 Å². The van der Waals surface area contributed by atoms with Crippen LogP contribution >= 0.6 is 15.9 Å². The Kier molecular flexibility index (Phi) is 3.42. The zero-order valence-corrected chi connectivity index (χ0v) is 10.3. The van der Waals surface area contributed by atoms with Gasteiger partial charge in [-0.2, -0.15) is 0 Å². The Hall–Kier alpha value is -0.410. The second kappa shape index (κ2) is 4.62. The van der Waals surface area contributed by atoms with Gasteiger partial charge in [-0.1, -0.05) is 19.3 Å². The van der Waals surface area contributed by atoms with E-state index in [1.54, 1.807) is 0 Å². The van der Waals surface area contributed by atoms with Crippen LogP contribution in [0, 0.1) is 0 Å². The first kappa shape index (κ1) is 11.1. The Morgan fingerprint density at radius 1 is 1.27 bits per heavy atom. The molecule has 1 aliphatic rings. The molecule has 1 aliphatic carbocycles. The van der Waals surface area contributed by atoms with E-state index in [1.807, 2.05) is 18.3 Å². The molecule has 82 valence electrons. The molecule has 2 rings (SSSR count). The lowest BCUT2D eigenvalue weighted by molar-refractivity contribution is 0.148. The first-order chi connectivity index (χ1) is 7.27. The molecule has 0 unspecified atom stereocenters. The predicted molar refractivity (Wildman–Crippen MR) is 63.8 cm³/mol. The number of rotatable bonds is 2. The molecule has 0 amide bonds. The lowest BCUT2D eigenvalue weighted by atomic mass is 9.72. The molecule has 15 heavy (non-hydrogen) atoms. The standard InChI is InChI=1S/C12H16BrNO/c13-10-4-5-11(14-8-10)12(9-15)6-2-1-3-7-12/h4-5,8,15H,1-3,6-7,9H2. The van der Waals surface area contributed by atoms with E-state index in [0.29, 0.717) is 0 Å². The van der Waals surface area contributed by atoms with Gasteiger partial charge in [0, 0.05) is 21.8 Å². The topological polar surface area (TPSA) is 33.1 Å². The van der Waals surface area contributed by atoms with Crippen LogP contribution in [0.1, 0.15) is 37.8 Å². The van der Waals surface area contributed by atoms with Crippen molar-refractivity contribution in [3.63, 3.8) is 0 Å². The lowest BCUT2D eigenvalue weighted by Gasteiger charge is -2.35. The smallest absolute Gasteiger partial charge is 0.0543 e. The summed E-state index contributed by atoms with van der Waals surface area (Å²) >= 11 is 3.38. The second-order valence-electron chi connectivity index (χ2n) is 4.36. The first-order valence-corrected chi connectivity index (χ1v) is 6.29. The van der Waals surface area contributed by atoms with Gasteiger partial charge in [0.05, 0.1) is 6.61 Å². The third-order valence-electron chi connectivity index (χ3n) is 3.38. The minimum atomic E-state index is -0.0705. The highest BCUT2D eigenvalue weighted by atomic mass is 79.9. The molecule has 0 bridgehead atoms. The number of aromatic nitrogens is 1. The van der Waals surface area contributed by atoms with Crippen molar-refractivity contribution < 1.29 is 5.11 Å². The number of halogens is 1. The molecule has 0 radical (unpaired) electrons. The molecule has 0 atom stereocenters. The number of aliphatic hydroxyl groups excluding tert-OH is 1. The maximum Gasteiger partial charge on any atom is 0.0543 e. The molecule has 0 aliphatic heterocycles. The maximum atomic E-state index is 9.61. The van der Waals surface area contributed by atoms with E-state index >= 15 is 0 Å². The van der Waals surface area contributed by atoms with E-state index in [2.05, 4.69) is 20.9 Å². The Labute approximate surface area is 98.9 Å². The van der Waals surface area contributed by atoms with Crippen LogP contribution < -0.4 is 0 Å². The summed E-state index contributed by atoms with van der Waals surface area (Å²) in [4.78, 5) is 4.44. The van der Waals surface area contributed by atoms with Gasteiger partial charge in [0.2, 0.25) is 0 Å². The van der Waals surface area contributed by atoms with Crippen molar-refractivity contribution in [3.05, 3.63) is 28.5 Å². The molecule has 1 aromatic rings. The van der Waals surface area contributed by atoms with Gasteiger partial charge >= 0.3 is 0 Å². The lowest BCUT2D eigenvalue weighted by Crippen LogP contribution is -2.33. The minimum absolute atomic E-state index is 0.0705. The van der Waals surface area contributed by atoms with Crippen molar-refractivity contribution >= 4 is 15.9 Å². The molecule has 0 aromatic carbocycles. The summed E-state index contributed by atoms with van der Waals surface area (Å²) in [5.74, 6) is 0. The normalized spacial score (nSPS) is 20.1. The third-order valence-corrected chi connectivity index (χ3v) is 3.85. The largest absolute Gasteiger partial charge is 0.395 e. The Balaban J connectivity index is 2.28. The first-order valence-electron chi connectivity index (χ1n) is 5.50. The van der Waals surface area contributed by atoms with Crippen LogP contribution in [-0.2, 0) is 5.41 Å². The van der Waals surface area contributed by atoms with E-state index in [9.17, 15) is 5.11 Å². The molecule has 0 saturated heterocycles. The maximum absolute atomic E-state index is 9.61. The van der Waals surface area contributed by atoms with Gasteiger partial charge in [-0.25, -0.2) is 0 Å². The van der Waals surface area contributed by atoms with Crippen LogP contribution in [-0.4, -0.2) is 16.7 Å². The summed E-state index contributed by atoms with van der Waals surface area (Å²) in [6.07, 6.45) is 7.66. The highest BCUT2D eigenvalue weighted by Gasteiger charge is 2.34. The number of pyridine rings is 1. The number of aliphatic hydroxyl groups is 1. The Bertz CT molecular complexity index is 317. The van der Waals surface area contributed by atoms with Gasteiger partial charge in [-0.05, 0) is 40.9 Å². The minimum Gasteiger partial charge on any atom is -0.395 e. The second-order valence-corrected chi connectivity index (χ2v) is 5.28. The molecular formula is C12H16BrNO. The quantitative estimate of drug-likeness (QED) is 0.896. The Morgan fingerprint density at radius 2 is 2.00 bits per heavy atom. The highest BCUT2D eigenvalue weighted by molar-refractivity contribution is 9.10. The fraction of sp³-hybridized carbons (Fsp3) is 0.583. The average molecular weight is 270 g/mol. The summed E-state index contributed by atoms with van der Waals surface area (Å²) in [5, 5.41) is 9.61. The van der Waals surface area contributed by atoms with Gasteiger partial charge in [0.1, 0.15) is 0 Å². The van der Waals surface area contributed by atoms with Crippen LogP contribution in [0.3, 0.4) is 0 Å². The molecule has 1 N–H and O–H groups in total. The van der Waals surface area contributed by atoms with Gasteiger partial charge in [-0.3, -0.25) is 4.98 Å². The summed E-state index contributed by atoms with van der Waals surface area (Å²) < 4.78 is 0.996. The van der Waals surface area contributed by atoms with Crippen LogP contribution in [0.15, 0.2) is 22.8 Å². The molecular weight excluding hydrogens is 254 g/mol. The number of nitrogens with zero attached hydrogens (tertiary/aromatic N) is 1. The summed E-state index contributed by atoms with van der Waals surface area (Å²) in [6.45, 7) is 0.224. The molecule has 1 heterocycles. The molecule has 3 heteroatoms. The van der Waals surface area contributed by atoms with E-state index in [-0.39, 0.29) is 12.0 Å². The molecule has 1 saturated carbocycles.